The zero-order chi connectivity index (χ0) is 21.2. The Morgan fingerprint density at radius 1 is 1.17 bits per heavy atom. The van der Waals surface area contributed by atoms with Crippen molar-refractivity contribution in [3.05, 3.63) is 48.0 Å². The zero-order valence-electron chi connectivity index (χ0n) is 17.1. The van der Waals surface area contributed by atoms with Crippen molar-refractivity contribution in [3.63, 3.8) is 0 Å². The Balaban J connectivity index is 1.67. The second kappa shape index (κ2) is 8.42. The Kier molecular flexibility index (Phi) is 6.14. The fourth-order valence-corrected chi connectivity index (χ4v) is 4.72. The Morgan fingerprint density at radius 3 is 2.45 bits per heavy atom. The molecule has 3 rings (SSSR count). The molecule has 1 aliphatic rings. The molecule has 8 heteroatoms. The van der Waals surface area contributed by atoms with Crippen LogP contribution in [0, 0.1) is 0 Å². The summed E-state index contributed by atoms with van der Waals surface area (Å²) in [5.41, 5.74) is 1.66. The molecule has 1 aliphatic heterocycles. The minimum atomic E-state index is -3.65. The minimum Gasteiger partial charge on any atom is -0.497 e. The summed E-state index contributed by atoms with van der Waals surface area (Å²) in [5, 5.41) is 0. The number of rotatable bonds is 7. The quantitative estimate of drug-likeness (QED) is 0.691. The van der Waals surface area contributed by atoms with Crippen molar-refractivity contribution in [2.75, 3.05) is 32.2 Å². The Morgan fingerprint density at radius 2 is 1.83 bits per heavy atom. The lowest BCUT2D eigenvalue weighted by Gasteiger charge is -2.21. The number of nitrogens with zero attached hydrogens (tertiary/aromatic N) is 2. The maximum atomic E-state index is 12.9. The lowest BCUT2D eigenvalue weighted by atomic mass is 10.1. The van der Waals surface area contributed by atoms with E-state index in [0.29, 0.717) is 12.2 Å². The van der Waals surface area contributed by atoms with E-state index in [1.54, 1.807) is 54.5 Å². The molecule has 0 aliphatic carbocycles. The highest BCUT2D eigenvalue weighted by atomic mass is 32.2. The van der Waals surface area contributed by atoms with E-state index in [1.165, 1.54) is 18.3 Å². The van der Waals surface area contributed by atoms with Gasteiger partial charge in [0.25, 0.3) is 0 Å². The summed E-state index contributed by atoms with van der Waals surface area (Å²) in [6, 6.07) is 12.1. The van der Waals surface area contributed by atoms with Crippen LogP contribution in [0.25, 0.3) is 0 Å². The third-order valence-corrected chi connectivity index (χ3v) is 6.90. The van der Waals surface area contributed by atoms with Crippen LogP contribution in [-0.2, 0) is 21.2 Å². The number of methoxy groups -OCH3 is 1. The number of sulfonamides is 1. The predicted molar refractivity (Wildman–Crippen MR) is 111 cm³/mol. The van der Waals surface area contributed by atoms with Gasteiger partial charge < -0.3 is 14.4 Å². The van der Waals surface area contributed by atoms with Gasteiger partial charge >= 0.3 is 0 Å². The fraction of sp³-hybridized carbons (Fsp3) is 0.381. The van der Waals surface area contributed by atoms with Gasteiger partial charge in [0.15, 0.2) is 0 Å². The average Bonchev–Trinajstić information content (AvgIpc) is 3.03. The first-order valence-electron chi connectivity index (χ1n) is 9.40. The number of carbonyl (C=O) groups is 1. The number of benzene rings is 2. The number of amides is 1. The van der Waals surface area contributed by atoms with Gasteiger partial charge in [-0.15, -0.1) is 0 Å². The summed E-state index contributed by atoms with van der Waals surface area (Å²) in [7, 11) is -0.529. The van der Waals surface area contributed by atoms with E-state index in [-0.39, 0.29) is 30.0 Å². The molecule has 0 N–H and O–H groups in total. The number of fused-ring (bicyclic) bond motifs is 1. The van der Waals surface area contributed by atoms with E-state index >= 15 is 0 Å². The van der Waals surface area contributed by atoms with Gasteiger partial charge in [-0.05, 0) is 61.4 Å². The Labute approximate surface area is 171 Å². The standard InChI is InChI=1S/C21H26N2O5S/c1-15-13-17-14-20(9-10-21(17)23(15)16(2)24)29(25,26)22(3)11-12-28-19-7-5-18(27-4)6-8-19/h5-10,14-15H,11-13H2,1-4H3. The third-order valence-electron chi connectivity index (χ3n) is 5.05. The van der Waals surface area contributed by atoms with Gasteiger partial charge in [-0.2, -0.15) is 4.31 Å². The molecule has 0 bridgehead atoms. The molecular weight excluding hydrogens is 392 g/mol. The number of anilines is 1. The molecule has 0 spiro atoms. The summed E-state index contributed by atoms with van der Waals surface area (Å²) < 4.78 is 37.9. The summed E-state index contributed by atoms with van der Waals surface area (Å²) >= 11 is 0. The van der Waals surface area contributed by atoms with Crippen molar-refractivity contribution in [2.45, 2.75) is 31.2 Å². The second-order valence-electron chi connectivity index (χ2n) is 7.08. The van der Waals surface area contributed by atoms with Crippen molar-refractivity contribution in [3.8, 4) is 11.5 Å². The molecule has 0 fully saturated rings. The Hall–Kier alpha value is -2.58. The van der Waals surface area contributed by atoms with Gasteiger partial charge in [0.05, 0.1) is 12.0 Å². The van der Waals surface area contributed by atoms with E-state index in [0.717, 1.165) is 17.0 Å². The first-order valence-corrected chi connectivity index (χ1v) is 10.8. The monoisotopic (exact) mass is 418 g/mol. The van der Waals surface area contributed by atoms with Crippen LogP contribution in [0.3, 0.4) is 0 Å². The van der Waals surface area contributed by atoms with Gasteiger partial charge in [0.2, 0.25) is 15.9 Å². The number of likely N-dealkylation sites (N-methyl/N-ethyl adjacent to an activating group) is 1. The average molecular weight is 419 g/mol. The van der Waals surface area contributed by atoms with Crippen molar-refractivity contribution < 1.29 is 22.7 Å². The summed E-state index contributed by atoms with van der Waals surface area (Å²) in [5.74, 6) is 1.33. The summed E-state index contributed by atoms with van der Waals surface area (Å²) in [6.45, 7) is 3.91. The normalized spacial score (nSPS) is 16.0. The van der Waals surface area contributed by atoms with Crippen LogP contribution < -0.4 is 14.4 Å². The lowest BCUT2D eigenvalue weighted by molar-refractivity contribution is -0.116. The molecule has 0 saturated heterocycles. The summed E-state index contributed by atoms with van der Waals surface area (Å²) in [4.78, 5) is 13.8. The summed E-state index contributed by atoms with van der Waals surface area (Å²) in [6.07, 6.45) is 0.641. The number of ether oxygens (including phenoxy) is 2. The van der Waals surface area contributed by atoms with E-state index in [4.69, 9.17) is 9.47 Å². The lowest BCUT2D eigenvalue weighted by Crippen LogP contribution is -2.33. The highest BCUT2D eigenvalue weighted by Gasteiger charge is 2.31. The SMILES string of the molecule is COc1ccc(OCCN(C)S(=O)(=O)c2ccc3c(c2)CC(C)N3C(C)=O)cc1. The highest BCUT2D eigenvalue weighted by Crippen LogP contribution is 2.34. The number of hydrogen-bond donors (Lipinski definition) is 0. The third kappa shape index (κ3) is 4.38. The van der Waals surface area contributed by atoms with Gasteiger partial charge in [0, 0.05) is 32.2 Å². The van der Waals surface area contributed by atoms with Gasteiger partial charge in [-0.25, -0.2) is 8.42 Å². The minimum absolute atomic E-state index is 0.0241. The molecule has 2 aromatic carbocycles. The van der Waals surface area contributed by atoms with Gasteiger partial charge in [-0.3, -0.25) is 4.79 Å². The van der Waals surface area contributed by atoms with Crippen LogP contribution in [0.5, 0.6) is 11.5 Å². The first-order chi connectivity index (χ1) is 13.7. The molecule has 0 aromatic heterocycles. The molecule has 7 nitrogen and oxygen atoms in total. The topological polar surface area (TPSA) is 76.2 Å². The van der Waals surface area contributed by atoms with E-state index in [2.05, 4.69) is 0 Å². The van der Waals surface area contributed by atoms with Crippen LogP contribution in [0.2, 0.25) is 0 Å². The highest BCUT2D eigenvalue weighted by molar-refractivity contribution is 7.89. The number of carbonyl (C=O) groups excluding carboxylic acids is 1. The fourth-order valence-electron chi connectivity index (χ4n) is 3.51. The molecule has 0 radical (unpaired) electrons. The van der Waals surface area contributed by atoms with Crippen LogP contribution in [-0.4, -0.2) is 52.0 Å². The van der Waals surface area contributed by atoms with Crippen LogP contribution >= 0.6 is 0 Å². The van der Waals surface area contributed by atoms with Gasteiger partial charge in [0.1, 0.15) is 18.1 Å². The molecule has 156 valence electrons. The second-order valence-corrected chi connectivity index (χ2v) is 9.13. The Bertz CT molecular complexity index is 989. The zero-order valence-corrected chi connectivity index (χ0v) is 17.9. The predicted octanol–water partition coefficient (Wildman–Crippen LogP) is 2.69. The smallest absolute Gasteiger partial charge is 0.242 e. The first kappa shape index (κ1) is 21.1. The van der Waals surface area contributed by atoms with Crippen LogP contribution in [0.15, 0.2) is 47.4 Å². The van der Waals surface area contributed by atoms with Crippen LogP contribution in [0.1, 0.15) is 19.4 Å². The van der Waals surface area contributed by atoms with Crippen molar-refractivity contribution >= 4 is 21.6 Å². The molecular formula is C21H26N2O5S. The van der Waals surface area contributed by atoms with Crippen molar-refractivity contribution in [1.29, 1.82) is 0 Å². The number of hydrogen-bond acceptors (Lipinski definition) is 5. The van der Waals surface area contributed by atoms with Crippen molar-refractivity contribution in [1.82, 2.24) is 4.31 Å². The van der Waals surface area contributed by atoms with Crippen LogP contribution in [0.4, 0.5) is 5.69 Å². The molecule has 0 saturated carbocycles. The van der Waals surface area contributed by atoms with Crippen molar-refractivity contribution in [2.24, 2.45) is 0 Å². The largest absolute Gasteiger partial charge is 0.497 e. The van der Waals surface area contributed by atoms with E-state index in [1.807, 2.05) is 6.92 Å². The molecule has 1 atom stereocenters. The molecule has 1 unspecified atom stereocenters. The van der Waals surface area contributed by atoms with E-state index < -0.39 is 10.0 Å². The maximum absolute atomic E-state index is 12.9. The molecule has 1 heterocycles. The van der Waals surface area contributed by atoms with Gasteiger partial charge in [-0.1, -0.05) is 0 Å². The van der Waals surface area contributed by atoms with E-state index in [9.17, 15) is 13.2 Å². The molecule has 1 amide bonds. The maximum Gasteiger partial charge on any atom is 0.242 e. The molecule has 2 aromatic rings. The molecule has 29 heavy (non-hydrogen) atoms.